The van der Waals surface area contributed by atoms with Crippen LogP contribution in [0.5, 0.6) is 17.2 Å². The Morgan fingerprint density at radius 1 is 0.895 bits per heavy atom. The number of carbonyl (C=O) groups excluding carboxylic acids is 2. The molecule has 2 aromatic carbocycles. The van der Waals surface area contributed by atoms with Crippen LogP contribution in [0, 0.1) is 13.8 Å². The number of esters is 1. The molecule has 1 aliphatic rings. The van der Waals surface area contributed by atoms with Crippen LogP contribution in [0.3, 0.4) is 0 Å². The van der Waals surface area contributed by atoms with Crippen LogP contribution >= 0.6 is 0 Å². The molecule has 1 aromatic heterocycles. The van der Waals surface area contributed by atoms with Gasteiger partial charge in [-0.1, -0.05) is 0 Å². The Hall–Kier alpha value is -4.46. The number of rotatable bonds is 8. The van der Waals surface area contributed by atoms with Gasteiger partial charge in [0.15, 0.2) is 11.5 Å². The fraction of sp³-hybridized carbons (Fsp3) is 0.267. The van der Waals surface area contributed by atoms with Crippen molar-refractivity contribution in [1.29, 1.82) is 0 Å². The highest BCUT2D eigenvalue weighted by molar-refractivity contribution is 6.24. The van der Waals surface area contributed by atoms with E-state index in [4.69, 9.17) is 18.9 Å². The highest BCUT2D eigenvalue weighted by Crippen LogP contribution is 2.39. The lowest BCUT2D eigenvalue weighted by Gasteiger charge is -2.19. The number of aryl methyl sites for hydroxylation is 1. The third-order valence-electron chi connectivity index (χ3n) is 6.59. The van der Waals surface area contributed by atoms with Crippen LogP contribution in [0.2, 0.25) is 0 Å². The van der Waals surface area contributed by atoms with Gasteiger partial charge >= 0.3 is 5.97 Å². The van der Waals surface area contributed by atoms with E-state index in [1.165, 1.54) is 19.1 Å². The van der Waals surface area contributed by atoms with Gasteiger partial charge in [-0.15, -0.1) is 0 Å². The van der Waals surface area contributed by atoms with Crippen LogP contribution in [-0.2, 0) is 14.3 Å². The number of nitrogens with zero attached hydrogens (tertiary/aromatic N) is 2. The molecule has 3 aromatic rings. The lowest BCUT2D eigenvalue weighted by Crippen LogP contribution is -2.24. The number of allylic oxidation sites excluding steroid dienone is 1. The molecule has 198 valence electrons. The van der Waals surface area contributed by atoms with Gasteiger partial charge in [-0.2, -0.15) is 0 Å². The van der Waals surface area contributed by atoms with Gasteiger partial charge in [-0.05, 0) is 81.8 Å². The van der Waals surface area contributed by atoms with Gasteiger partial charge < -0.3 is 23.5 Å². The molecule has 38 heavy (non-hydrogen) atoms. The maximum atomic E-state index is 13.8. The first-order chi connectivity index (χ1) is 18.2. The van der Waals surface area contributed by atoms with E-state index in [1.54, 1.807) is 38.3 Å². The van der Waals surface area contributed by atoms with Crippen LogP contribution in [0.4, 0.5) is 5.69 Å². The quantitative estimate of drug-likeness (QED) is 0.295. The van der Waals surface area contributed by atoms with Crippen molar-refractivity contribution in [2.45, 2.75) is 27.7 Å². The van der Waals surface area contributed by atoms with Crippen LogP contribution < -0.4 is 19.1 Å². The molecule has 8 heteroatoms. The molecule has 8 nitrogen and oxygen atoms in total. The Morgan fingerprint density at radius 3 is 2.16 bits per heavy atom. The molecule has 0 saturated carbocycles. The summed E-state index contributed by atoms with van der Waals surface area (Å²) in [6.45, 7) is 8.26. The largest absolute Gasteiger partial charge is 0.494 e. The lowest BCUT2D eigenvalue weighted by atomic mass is 10.0. The van der Waals surface area contributed by atoms with E-state index < -0.39 is 5.97 Å². The summed E-state index contributed by atoms with van der Waals surface area (Å²) in [4.78, 5) is 28.2. The molecule has 4 rings (SSSR count). The van der Waals surface area contributed by atoms with E-state index in [0.717, 1.165) is 28.4 Å². The van der Waals surface area contributed by atoms with Gasteiger partial charge in [0.25, 0.3) is 5.91 Å². The lowest BCUT2D eigenvalue weighted by molar-refractivity contribution is -0.136. The normalized spacial score (nSPS) is 14.3. The highest BCUT2D eigenvalue weighted by atomic mass is 16.5. The molecule has 0 atom stereocenters. The van der Waals surface area contributed by atoms with Crippen molar-refractivity contribution in [2.75, 3.05) is 32.8 Å². The van der Waals surface area contributed by atoms with Crippen molar-refractivity contribution in [1.82, 2.24) is 4.57 Å². The van der Waals surface area contributed by atoms with Crippen LogP contribution in [0.25, 0.3) is 11.8 Å². The smallest absolute Gasteiger partial charge is 0.340 e. The first kappa shape index (κ1) is 26.6. The van der Waals surface area contributed by atoms with Crippen molar-refractivity contribution in [2.24, 2.45) is 0 Å². The zero-order valence-corrected chi connectivity index (χ0v) is 22.7. The number of benzene rings is 2. The van der Waals surface area contributed by atoms with E-state index in [1.807, 2.05) is 51.1 Å². The molecule has 0 fully saturated rings. The topological polar surface area (TPSA) is 79.2 Å². The summed E-state index contributed by atoms with van der Waals surface area (Å²) in [7, 11) is 4.38. The molecular weight excluding hydrogens is 484 g/mol. The number of anilines is 1. The van der Waals surface area contributed by atoms with Crippen molar-refractivity contribution < 1.29 is 28.5 Å². The van der Waals surface area contributed by atoms with Gasteiger partial charge in [-0.25, -0.2) is 4.79 Å². The predicted molar refractivity (Wildman–Crippen MR) is 146 cm³/mol. The molecule has 1 aliphatic heterocycles. The van der Waals surface area contributed by atoms with Crippen LogP contribution in [-0.4, -0.2) is 44.4 Å². The summed E-state index contributed by atoms with van der Waals surface area (Å²) in [6.07, 6.45) is 1.76. The Bertz CT molecular complexity index is 1450. The summed E-state index contributed by atoms with van der Waals surface area (Å²) in [5.41, 5.74) is 5.21. The second kappa shape index (κ2) is 10.9. The minimum absolute atomic E-state index is 0.221. The van der Waals surface area contributed by atoms with Crippen molar-refractivity contribution in [3.8, 4) is 22.9 Å². The zero-order valence-electron chi connectivity index (χ0n) is 22.7. The van der Waals surface area contributed by atoms with E-state index in [-0.39, 0.29) is 17.1 Å². The molecule has 0 spiro atoms. The monoisotopic (exact) mass is 516 g/mol. The minimum atomic E-state index is -0.578. The number of methoxy groups -OCH3 is 3. The summed E-state index contributed by atoms with van der Waals surface area (Å²) in [5.74, 6) is 0.902. The molecule has 0 saturated heterocycles. The zero-order chi connectivity index (χ0) is 27.6. The number of carbonyl (C=O) groups is 2. The molecule has 0 unspecified atom stereocenters. The maximum absolute atomic E-state index is 13.8. The van der Waals surface area contributed by atoms with Gasteiger partial charge in [0.05, 0.1) is 44.8 Å². The molecule has 1 amide bonds. The fourth-order valence-corrected chi connectivity index (χ4v) is 4.80. The second-order valence-corrected chi connectivity index (χ2v) is 8.78. The third kappa shape index (κ3) is 4.65. The van der Waals surface area contributed by atoms with Gasteiger partial charge in [0.1, 0.15) is 5.75 Å². The fourth-order valence-electron chi connectivity index (χ4n) is 4.80. The maximum Gasteiger partial charge on any atom is 0.340 e. The molecule has 0 N–H and O–H groups in total. The van der Waals surface area contributed by atoms with Crippen molar-refractivity contribution >= 4 is 23.6 Å². The van der Waals surface area contributed by atoms with E-state index >= 15 is 0 Å². The molecule has 0 radical (unpaired) electrons. The second-order valence-electron chi connectivity index (χ2n) is 8.78. The van der Waals surface area contributed by atoms with E-state index in [0.29, 0.717) is 29.5 Å². The molecule has 0 aliphatic carbocycles. The number of hydrogen-bond donors (Lipinski definition) is 0. The van der Waals surface area contributed by atoms with Gasteiger partial charge in [0.2, 0.25) is 0 Å². The first-order valence-electron chi connectivity index (χ1n) is 12.3. The third-order valence-corrected chi connectivity index (χ3v) is 6.59. The summed E-state index contributed by atoms with van der Waals surface area (Å²) in [5, 5.41) is 0. The van der Waals surface area contributed by atoms with Crippen LogP contribution in [0.1, 0.15) is 30.8 Å². The number of aromatic nitrogens is 1. The minimum Gasteiger partial charge on any atom is -0.494 e. The Kier molecular flexibility index (Phi) is 7.62. The molecule has 2 heterocycles. The van der Waals surface area contributed by atoms with Crippen molar-refractivity contribution in [3.05, 3.63) is 82.3 Å². The Labute approximate surface area is 222 Å². The first-order valence-corrected chi connectivity index (χ1v) is 12.3. The van der Waals surface area contributed by atoms with E-state index in [2.05, 4.69) is 4.57 Å². The number of amides is 1. The average molecular weight is 517 g/mol. The SMILES string of the molecule is CCOc1ccc(-n2c(C)cc(/C=C3\C(=O)N(c4ccc(OC)c(OC)c4)C(C)=C3C(=O)OC)c2C)cc1. The summed E-state index contributed by atoms with van der Waals surface area (Å²) in [6, 6.07) is 15.0. The molecule has 0 bridgehead atoms. The highest BCUT2D eigenvalue weighted by Gasteiger charge is 2.38. The summed E-state index contributed by atoms with van der Waals surface area (Å²) < 4.78 is 23.5. The standard InChI is InChI=1S/C30H32N2O6/c1-8-38-24-12-9-22(10-13-24)31-18(2)15-21(19(31)3)16-25-28(30(34)37-7)20(4)32(29(25)33)23-11-14-26(35-5)27(17-23)36-6/h9-17H,8H2,1-7H3/b25-16-. The summed E-state index contributed by atoms with van der Waals surface area (Å²) >= 11 is 0. The van der Waals surface area contributed by atoms with Crippen LogP contribution in [0.15, 0.2) is 65.4 Å². The molecular formula is C30H32N2O6. The Morgan fingerprint density at radius 2 is 1.55 bits per heavy atom. The predicted octanol–water partition coefficient (Wildman–Crippen LogP) is 5.39. The average Bonchev–Trinajstić information content (AvgIpc) is 3.34. The van der Waals surface area contributed by atoms with Gasteiger partial charge in [-0.3, -0.25) is 9.69 Å². The number of hydrogen-bond acceptors (Lipinski definition) is 6. The number of ether oxygens (including phenoxy) is 4. The van der Waals surface area contributed by atoms with Gasteiger partial charge in [0, 0.05) is 28.8 Å². The van der Waals surface area contributed by atoms with Crippen molar-refractivity contribution in [3.63, 3.8) is 0 Å². The Balaban J connectivity index is 1.80. The van der Waals surface area contributed by atoms with E-state index in [9.17, 15) is 9.59 Å².